The Labute approximate surface area is 499 Å². The Balaban J connectivity index is 4.33. The van der Waals surface area contributed by atoms with Crippen molar-refractivity contribution in [2.24, 2.45) is 0 Å². The predicted octanol–water partition coefficient (Wildman–Crippen LogP) is 23.1. The van der Waals surface area contributed by atoms with Crippen LogP contribution in [-0.4, -0.2) is 37.2 Å². The Morgan fingerprint density at radius 1 is 0.259 bits per heavy atom. The monoisotopic (exact) mass is 1120 g/mol. The standard InChI is InChI=1S/C75H122O6/c1-4-7-10-13-16-19-22-25-27-29-31-32-33-34-35-36-37-38-39-40-41-42-44-45-47-50-53-56-59-62-65-68-74(77)80-71-72(70-79-73(76)67-64-61-58-55-52-49-24-21-18-15-12-9-6-3)81-75(78)69-66-63-60-57-54-51-48-46-43-30-28-26-23-20-17-14-11-8-5-2/h7-8,10-11,16-17,19-21,24-28,31-32,34-35,37-38,43,46,51,54,72H,4-6,9,12-15,18,22-23,29-30,33,36,39-42,44-45,47-50,52-53,55-71H2,1-3H3/b10-7-,11-8-,19-16-,20-17-,24-21-,27-25-,28-26-,32-31-,35-34-,38-37-,46-43-,54-51-. The quantitative estimate of drug-likeness (QED) is 0.0261. The fraction of sp³-hybridized carbons (Fsp3) is 0.640. The second kappa shape index (κ2) is 67.8. The molecule has 0 saturated carbocycles. The molecule has 0 rings (SSSR count). The molecule has 0 radical (unpaired) electrons. The lowest BCUT2D eigenvalue weighted by molar-refractivity contribution is -0.167. The van der Waals surface area contributed by atoms with Crippen LogP contribution in [0.15, 0.2) is 146 Å². The summed E-state index contributed by atoms with van der Waals surface area (Å²) >= 11 is 0. The summed E-state index contributed by atoms with van der Waals surface area (Å²) in [5, 5.41) is 0. The van der Waals surface area contributed by atoms with Gasteiger partial charge in [-0.1, -0.05) is 276 Å². The number of carbonyl (C=O) groups is 3. The van der Waals surface area contributed by atoms with E-state index in [1.807, 2.05) is 0 Å². The molecule has 0 aromatic heterocycles. The highest BCUT2D eigenvalue weighted by molar-refractivity contribution is 5.71. The van der Waals surface area contributed by atoms with Gasteiger partial charge in [0.05, 0.1) is 0 Å². The molecule has 0 heterocycles. The fourth-order valence-corrected chi connectivity index (χ4v) is 8.88. The minimum absolute atomic E-state index is 0.0986. The smallest absolute Gasteiger partial charge is 0.306 e. The van der Waals surface area contributed by atoms with Gasteiger partial charge >= 0.3 is 17.9 Å². The number of hydrogen-bond donors (Lipinski definition) is 0. The van der Waals surface area contributed by atoms with Crippen LogP contribution < -0.4 is 0 Å². The van der Waals surface area contributed by atoms with Crippen LogP contribution in [0.4, 0.5) is 0 Å². The second-order valence-electron chi connectivity index (χ2n) is 21.6. The molecule has 0 aliphatic carbocycles. The summed E-state index contributed by atoms with van der Waals surface area (Å²) in [6.45, 7) is 6.37. The van der Waals surface area contributed by atoms with Crippen LogP contribution in [-0.2, 0) is 28.6 Å². The number of rotatable bonds is 59. The predicted molar refractivity (Wildman–Crippen MR) is 352 cm³/mol. The first-order chi connectivity index (χ1) is 40.0. The van der Waals surface area contributed by atoms with Gasteiger partial charge in [-0.3, -0.25) is 14.4 Å². The summed E-state index contributed by atoms with van der Waals surface area (Å²) in [7, 11) is 0. The average molecular weight is 1120 g/mol. The normalized spacial score (nSPS) is 13.1. The fourth-order valence-electron chi connectivity index (χ4n) is 8.88. The average Bonchev–Trinajstić information content (AvgIpc) is 3.46. The van der Waals surface area contributed by atoms with E-state index in [1.54, 1.807) is 0 Å². The van der Waals surface area contributed by atoms with E-state index < -0.39 is 6.10 Å². The van der Waals surface area contributed by atoms with Crippen LogP contribution in [0, 0.1) is 0 Å². The topological polar surface area (TPSA) is 78.9 Å². The van der Waals surface area contributed by atoms with E-state index in [-0.39, 0.29) is 37.5 Å². The number of allylic oxidation sites excluding steroid dienone is 24. The van der Waals surface area contributed by atoms with E-state index in [4.69, 9.17) is 14.2 Å². The molecule has 0 saturated heterocycles. The molecule has 458 valence electrons. The number of hydrogen-bond acceptors (Lipinski definition) is 6. The molecule has 81 heavy (non-hydrogen) atoms. The summed E-state index contributed by atoms with van der Waals surface area (Å²) in [5.74, 6) is -0.940. The summed E-state index contributed by atoms with van der Waals surface area (Å²) in [6, 6.07) is 0. The highest BCUT2D eigenvalue weighted by Gasteiger charge is 2.19. The molecular weight excluding hydrogens is 997 g/mol. The highest BCUT2D eigenvalue weighted by Crippen LogP contribution is 2.15. The molecule has 0 N–H and O–H groups in total. The van der Waals surface area contributed by atoms with E-state index in [9.17, 15) is 14.4 Å². The van der Waals surface area contributed by atoms with Crippen LogP contribution in [0.2, 0.25) is 0 Å². The summed E-state index contributed by atoms with van der Waals surface area (Å²) in [4.78, 5) is 38.3. The van der Waals surface area contributed by atoms with Gasteiger partial charge in [0.1, 0.15) is 13.2 Å². The van der Waals surface area contributed by atoms with Crippen molar-refractivity contribution in [3.8, 4) is 0 Å². The number of carbonyl (C=O) groups excluding carboxylic acids is 3. The first-order valence-corrected chi connectivity index (χ1v) is 33.3. The molecule has 0 aromatic carbocycles. The zero-order valence-corrected chi connectivity index (χ0v) is 52.5. The van der Waals surface area contributed by atoms with Crippen LogP contribution >= 0.6 is 0 Å². The third-order valence-corrected chi connectivity index (χ3v) is 13.8. The number of unbranched alkanes of at least 4 members (excludes halogenated alkanes) is 24. The van der Waals surface area contributed by atoms with Gasteiger partial charge in [-0.25, -0.2) is 0 Å². The van der Waals surface area contributed by atoms with Crippen molar-refractivity contribution in [1.82, 2.24) is 0 Å². The Hall–Kier alpha value is -4.71. The largest absolute Gasteiger partial charge is 0.462 e. The van der Waals surface area contributed by atoms with E-state index in [0.29, 0.717) is 12.8 Å². The van der Waals surface area contributed by atoms with E-state index >= 15 is 0 Å². The molecule has 6 heteroatoms. The van der Waals surface area contributed by atoms with Gasteiger partial charge in [-0.15, -0.1) is 0 Å². The Kier molecular flexibility index (Phi) is 63.9. The van der Waals surface area contributed by atoms with Crippen LogP contribution in [0.1, 0.15) is 290 Å². The molecule has 0 aliphatic rings. The van der Waals surface area contributed by atoms with Crippen molar-refractivity contribution in [2.45, 2.75) is 297 Å². The molecule has 0 aliphatic heterocycles. The zero-order chi connectivity index (χ0) is 58.5. The first-order valence-electron chi connectivity index (χ1n) is 33.3. The molecule has 1 unspecified atom stereocenters. The Morgan fingerprint density at radius 3 is 0.778 bits per heavy atom. The van der Waals surface area contributed by atoms with Gasteiger partial charge in [-0.05, 0) is 141 Å². The van der Waals surface area contributed by atoms with Crippen LogP contribution in [0.25, 0.3) is 0 Å². The van der Waals surface area contributed by atoms with Gasteiger partial charge in [0.2, 0.25) is 0 Å². The maximum absolute atomic E-state index is 12.9. The summed E-state index contributed by atoms with van der Waals surface area (Å²) < 4.78 is 16.9. The second-order valence-corrected chi connectivity index (χ2v) is 21.6. The molecule has 1 atom stereocenters. The van der Waals surface area contributed by atoms with Crippen molar-refractivity contribution in [3.63, 3.8) is 0 Å². The maximum Gasteiger partial charge on any atom is 0.306 e. The first kappa shape index (κ1) is 76.3. The maximum atomic E-state index is 12.9. The number of esters is 3. The minimum Gasteiger partial charge on any atom is -0.462 e. The molecule has 0 fully saturated rings. The van der Waals surface area contributed by atoms with Crippen LogP contribution in [0.3, 0.4) is 0 Å². The van der Waals surface area contributed by atoms with Gasteiger partial charge in [0.15, 0.2) is 6.10 Å². The summed E-state index contributed by atoms with van der Waals surface area (Å²) in [5.41, 5.74) is 0. The SMILES string of the molecule is CC/C=C\C/C=C\C/C=C\C/C=C\C/C=C\C/C=C\CCCCCCCCCCCCCCC(=O)OCC(COC(=O)CCCCCCC/C=C\CCCCCC)OC(=O)CCCCC/C=C\C/C=C\C/C=C\C/C=C\C/C=C\CC. The molecule has 0 amide bonds. The molecule has 0 bridgehead atoms. The van der Waals surface area contributed by atoms with E-state index in [2.05, 4.69) is 167 Å². The van der Waals surface area contributed by atoms with Crippen LogP contribution in [0.5, 0.6) is 0 Å². The lowest BCUT2D eigenvalue weighted by Gasteiger charge is -2.18. The minimum atomic E-state index is -0.806. The molecule has 0 aromatic rings. The Morgan fingerprint density at radius 2 is 0.481 bits per heavy atom. The van der Waals surface area contributed by atoms with Crippen molar-refractivity contribution < 1.29 is 28.6 Å². The molecular formula is C75H122O6. The van der Waals surface area contributed by atoms with Crippen molar-refractivity contribution >= 4 is 17.9 Å². The van der Waals surface area contributed by atoms with E-state index in [0.717, 1.165) is 148 Å². The van der Waals surface area contributed by atoms with Gasteiger partial charge in [0, 0.05) is 19.3 Å². The molecule has 0 spiro atoms. The third kappa shape index (κ3) is 66.0. The zero-order valence-electron chi connectivity index (χ0n) is 52.5. The number of ether oxygens (including phenoxy) is 3. The lowest BCUT2D eigenvalue weighted by atomic mass is 10.0. The van der Waals surface area contributed by atoms with E-state index in [1.165, 1.54) is 103 Å². The van der Waals surface area contributed by atoms with Crippen molar-refractivity contribution in [1.29, 1.82) is 0 Å². The van der Waals surface area contributed by atoms with Gasteiger partial charge < -0.3 is 14.2 Å². The van der Waals surface area contributed by atoms with Gasteiger partial charge in [-0.2, -0.15) is 0 Å². The van der Waals surface area contributed by atoms with Crippen molar-refractivity contribution in [3.05, 3.63) is 146 Å². The lowest BCUT2D eigenvalue weighted by Crippen LogP contribution is -2.30. The highest BCUT2D eigenvalue weighted by atomic mass is 16.6. The third-order valence-electron chi connectivity index (χ3n) is 13.8. The van der Waals surface area contributed by atoms with Crippen molar-refractivity contribution in [2.75, 3.05) is 13.2 Å². The summed E-state index contributed by atoms with van der Waals surface area (Å²) in [6.07, 6.45) is 97.2. The van der Waals surface area contributed by atoms with Gasteiger partial charge in [0.25, 0.3) is 0 Å². The Bertz CT molecular complexity index is 1760. The molecule has 6 nitrogen and oxygen atoms in total.